The van der Waals surface area contributed by atoms with E-state index in [1.807, 2.05) is 60.7 Å². The minimum atomic E-state index is -0.453. The van der Waals surface area contributed by atoms with Crippen molar-refractivity contribution in [3.8, 4) is 5.75 Å². The molecule has 2 N–H and O–H groups in total. The largest absolute Gasteiger partial charge is 0.494 e. The van der Waals surface area contributed by atoms with Crippen molar-refractivity contribution < 1.29 is 9.84 Å². The highest BCUT2D eigenvalue weighted by Gasteiger charge is 2.05. The molecule has 20 heavy (non-hydrogen) atoms. The van der Waals surface area contributed by atoms with Gasteiger partial charge in [-0.05, 0) is 30.7 Å². The molecule has 0 spiro atoms. The fourth-order valence-electron chi connectivity index (χ4n) is 1.94. The summed E-state index contributed by atoms with van der Waals surface area (Å²) in [5.41, 5.74) is 0.945. The van der Waals surface area contributed by atoms with Crippen LogP contribution in [-0.4, -0.2) is 24.8 Å². The molecule has 1 atom stereocenters. The second-order valence-electron chi connectivity index (χ2n) is 4.65. The van der Waals surface area contributed by atoms with Gasteiger partial charge >= 0.3 is 0 Å². The molecule has 0 heterocycles. The smallest absolute Gasteiger partial charge is 0.119 e. The summed E-state index contributed by atoms with van der Waals surface area (Å²) in [6, 6.07) is 19.5. The number of aliphatic hydroxyl groups is 1. The van der Waals surface area contributed by atoms with Crippen LogP contribution in [-0.2, 0) is 0 Å². The Labute approximate surface area is 120 Å². The lowest BCUT2D eigenvalue weighted by molar-refractivity contribution is 0.173. The molecule has 0 aliphatic rings. The minimum Gasteiger partial charge on any atom is -0.494 e. The average molecular weight is 271 g/mol. The first-order chi connectivity index (χ1) is 9.86. The van der Waals surface area contributed by atoms with Crippen molar-refractivity contribution in [3.63, 3.8) is 0 Å². The van der Waals surface area contributed by atoms with Crippen molar-refractivity contribution in [1.29, 1.82) is 0 Å². The van der Waals surface area contributed by atoms with Gasteiger partial charge in [0.25, 0.3) is 0 Å². The van der Waals surface area contributed by atoms with E-state index in [0.29, 0.717) is 13.2 Å². The Balaban J connectivity index is 1.56. The zero-order valence-corrected chi connectivity index (χ0v) is 11.5. The Bertz CT molecular complexity index is 473. The van der Waals surface area contributed by atoms with Gasteiger partial charge in [-0.2, -0.15) is 0 Å². The maximum absolute atomic E-state index is 9.96. The molecule has 0 amide bonds. The Hall–Kier alpha value is -1.84. The highest BCUT2D eigenvalue weighted by Crippen LogP contribution is 2.10. The van der Waals surface area contributed by atoms with Crippen LogP contribution in [0.25, 0.3) is 0 Å². The summed E-state index contributed by atoms with van der Waals surface area (Å²) in [4.78, 5) is 0. The predicted octanol–water partition coefficient (Wildman–Crippen LogP) is 2.78. The molecule has 0 aliphatic carbocycles. The number of hydrogen-bond acceptors (Lipinski definition) is 3. The van der Waals surface area contributed by atoms with Crippen molar-refractivity contribution in [1.82, 2.24) is 5.32 Å². The minimum absolute atomic E-state index is 0.453. The van der Waals surface area contributed by atoms with Crippen LogP contribution in [0.3, 0.4) is 0 Å². The van der Waals surface area contributed by atoms with Gasteiger partial charge in [0.15, 0.2) is 0 Å². The van der Waals surface area contributed by atoms with Gasteiger partial charge in [-0.15, -0.1) is 0 Å². The summed E-state index contributed by atoms with van der Waals surface area (Å²) in [6.45, 7) is 2.07. The summed E-state index contributed by atoms with van der Waals surface area (Å²) < 4.78 is 5.60. The van der Waals surface area contributed by atoms with E-state index in [0.717, 1.165) is 24.3 Å². The third kappa shape index (κ3) is 5.03. The van der Waals surface area contributed by atoms with Gasteiger partial charge in [-0.25, -0.2) is 0 Å². The lowest BCUT2D eigenvalue weighted by Gasteiger charge is -2.12. The Morgan fingerprint density at radius 1 is 0.950 bits per heavy atom. The standard InChI is InChI=1S/C17H21NO2/c19-17(15-8-3-1-4-9-15)14-18-12-7-13-20-16-10-5-2-6-11-16/h1-6,8-11,17-19H,7,12-14H2. The maximum atomic E-state index is 9.96. The van der Waals surface area contributed by atoms with Crippen LogP contribution in [0.1, 0.15) is 18.1 Å². The Morgan fingerprint density at radius 2 is 1.60 bits per heavy atom. The van der Waals surface area contributed by atoms with Gasteiger partial charge in [0.05, 0.1) is 12.7 Å². The third-order valence-corrected chi connectivity index (χ3v) is 3.03. The van der Waals surface area contributed by atoms with Crippen LogP contribution in [0.2, 0.25) is 0 Å². The predicted molar refractivity (Wildman–Crippen MR) is 80.8 cm³/mol. The monoisotopic (exact) mass is 271 g/mol. The SMILES string of the molecule is OC(CNCCCOc1ccccc1)c1ccccc1. The molecule has 0 radical (unpaired) electrons. The lowest BCUT2D eigenvalue weighted by Crippen LogP contribution is -2.23. The lowest BCUT2D eigenvalue weighted by atomic mass is 10.1. The summed E-state index contributed by atoms with van der Waals surface area (Å²) >= 11 is 0. The molecule has 3 heteroatoms. The van der Waals surface area contributed by atoms with E-state index in [1.165, 1.54) is 0 Å². The van der Waals surface area contributed by atoms with Gasteiger partial charge in [0.1, 0.15) is 5.75 Å². The first-order valence-electron chi connectivity index (χ1n) is 6.98. The molecular formula is C17H21NO2. The summed E-state index contributed by atoms with van der Waals surface area (Å²) in [7, 11) is 0. The van der Waals surface area contributed by atoms with Crippen molar-refractivity contribution in [2.24, 2.45) is 0 Å². The highest BCUT2D eigenvalue weighted by molar-refractivity contribution is 5.20. The van der Waals surface area contributed by atoms with Gasteiger partial charge < -0.3 is 15.2 Å². The fraction of sp³-hybridized carbons (Fsp3) is 0.294. The van der Waals surface area contributed by atoms with Crippen LogP contribution in [0.4, 0.5) is 0 Å². The summed E-state index contributed by atoms with van der Waals surface area (Å²) in [5, 5.41) is 13.2. The Morgan fingerprint density at radius 3 is 2.30 bits per heavy atom. The molecule has 0 saturated heterocycles. The van der Waals surface area contributed by atoms with Gasteiger partial charge in [0.2, 0.25) is 0 Å². The van der Waals surface area contributed by atoms with Crippen molar-refractivity contribution in [3.05, 3.63) is 66.2 Å². The second kappa shape index (κ2) is 8.35. The summed E-state index contributed by atoms with van der Waals surface area (Å²) in [5.74, 6) is 0.900. The number of hydrogen-bond donors (Lipinski definition) is 2. The maximum Gasteiger partial charge on any atom is 0.119 e. The molecule has 2 aromatic rings. The van der Waals surface area contributed by atoms with Crippen LogP contribution in [0, 0.1) is 0 Å². The molecule has 2 rings (SSSR count). The molecule has 0 fully saturated rings. The molecule has 1 unspecified atom stereocenters. The van der Waals surface area contributed by atoms with Crippen LogP contribution >= 0.6 is 0 Å². The van der Waals surface area contributed by atoms with Gasteiger partial charge in [-0.1, -0.05) is 48.5 Å². The van der Waals surface area contributed by atoms with Crippen molar-refractivity contribution in [2.45, 2.75) is 12.5 Å². The fourth-order valence-corrected chi connectivity index (χ4v) is 1.94. The zero-order chi connectivity index (χ0) is 14.0. The normalized spacial score (nSPS) is 12.1. The van der Waals surface area contributed by atoms with Crippen LogP contribution in [0.15, 0.2) is 60.7 Å². The summed E-state index contributed by atoms with van der Waals surface area (Å²) in [6.07, 6.45) is 0.461. The molecule has 106 valence electrons. The first-order valence-corrected chi connectivity index (χ1v) is 6.98. The molecule has 0 aromatic heterocycles. The van der Waals surface area contributed by atoms with E-state index in [9.17, 15) is 5.11 Å². The van der Waals surface area contributed by atoms with E-state index < -0.39 is 6.10 Å². The molecular weight excluding hydrogens is 250 g/mol. The van der Waals surface area contributed by atoms with Gasteiger partial charge in [0, 0.05) is 6.54 Å². The molecule has 2 aromatic carbocycles. The Kier molecular flexibility index (Phi) is 6.08. The van der Waals surface area contributed by atoms with Gasteiger partial charge in [-0.3, -0.25) is 0 Å². The van der Waals surface area contributed by atoms with Crippen molar-refractivity contribution >= 4 is 0 Å². The average Bonchev–Trinajstić information content (AvgIpc) is 2.52. The van der Waals surface area contributed by atoms with E-state index >= 15 is 0 Å². The molecule has 0 saturated carbocycles. The topological polar surface area (TPSA) is 41.5 Å². The first kappa shape index (κ1) is 14.6. The number of rotatable bonds is 8. The van der Waals surface area contributed by atoms with E-state index in [1.54, 1.807) is 0 Å². The number of ether oxygens (including phenoxy) is 1. The third-order valence-electron chi connectivity index (χ3n) is 3.03. The van der Waals surface area contributed by atoms with Crippen LogP contribution in [0.5, 0.6) is 5.75 Å². The number of para-hydroxylation sites is 1. The molecule has 0 bridgehead atoms. The van der Waals surface area contributed by atoms with E-state index in [2.05, 4.69) is 5.32 Å². The number of nitrogens with one attached hydrogen (secondary N) is 1. The molecule has 3 nitrogen and oxygen atoms in total. The van der Waals surface area contributed by atoms with E-state index in [4.69, 9.17) is 4.74 Å². The zero-order valence-electron chi connectivity index (χ0n) is 11.5. The highest BCUT2D eigenvalue weighted by atomic mass is 16.5. The second-order valence-corrected chi connectivity index (χ2v) is 4.65. The number of benzene rings is 2. The molecule has 0 aliphatic heterocycles. The van der Waals surface area contributed by atoms with Crippen LogP contribution < -0.4 is 10.1 Å². The quantitative estimate of drug-likeness (QED) is 0.725. The van der Waals surface area contributed by atoms with E-state index in [-0.39, 0.29) is 0 Å². The number of aliphatic hydroxyl groups excluding tert-OH is 1. The van der Waals surface area contributed by atoms with Crippen molar-refractivity contribution in [2.75, 3.05) is 19.7 Å².